The molecule has 3 amide bonds. The topological polar surface area (TPSA) is 89.0 Å². The third-order valence-electron chi connectivity index (χ3n) is 5.41. The van der Waals surface area contributed by atoms with Gasteiger partial charge in [-0.25, -0.2) is 4.90 Å². The van der Waals surface area contributed by atoms with Crippen molar-refractivity contribution in [3.05, 3.63) is 84.7 Å². The van der Waals surface area contributed by atoms with E-state index in [1.54, 1.807) is 67.0 Å². The first-order valence-corrected chi connectivity index (χ1v) is 11.0. The zero-order valence-corrected chi connectivity index (χ0v) is 18.8. The average molecular weight is 460 g/mol. The van der Waals surface area contributed by atoms with Crippen LogP contribution >= 0.6 is 0 Å². The molecule has 1 aliphatic rings. The number of benzene rings is 2. The molecule has 0 aliphatic carbocycles. The van der Waals surface area contributed by atoms with E-state index < -0.39 is 17.9 Å². The number of aromatic nitrogens is 1. The van der Waals surface area contributed by atoms with Gasteiger partial charge in [0.05, 0.1) is 18.7 Å². The third-order valence-corrected chi connectivity index (χ3v) is 5.41. The lowest BCUT2D eigenvalue weighted by molar-refractivity contribution is -0.140. The minimum atomic E-state index is -0.939. The Balaban J connectivity index is 1.55. The maximum atomic E-state index is 13.4. The van der Waals surface area contributed by atoms with Crippen LogP contribution in [-0.2, 0) is 20.9 Å². The number of rotatable bonds is 9. The molecule has 2 heterocycles. The highest BCUT2D eigenvalue weighted by molar-refractivity contribution is 6.23. The van der Waals surface area contributed by atoms with E-state index in [-0.39, 0.29) is 25.5 Å². The first kappa shape index (κ1) is 23.0. The van der Waals surface area contributed by atoms with Crippen molar-refractivity contribution in [2.75, 3.05) is 18.1 Å². The largest absolute Gasteiger partial charge is 0.494 e. The van der Waals surface area contributed by atoms with Crippen LogP contribution in [0.1, 0.15) is 18.9 Å². The molecule has 0 saturated carbocycles. The van der Waals surface area contributed by atoms with Crippen molar-refractivity contribution in [3.8, 4) is 11.5 Å². The summed E-state index contributed by atoms with van der Waals surface area (Å²) in [7, 11) is 0. The Labute approximate surface area is 197 Å². The van der Waals surface area contributed by atoms with Crippen LogP contribution in [-0.4, -0.2) is 46.9 Å². The van der Waals surface area contributed by atoms with Crippen LogP contribution in [0.2, 0.25) is 0 Å². The van der Waals surface area contributed by atoms with Crippen molar-refractivity contribution in [3.63, 3.8) is 0 Å². The van der Waals surface area contributed by atoms with Gasteiger partial charge in [-0.1, -0.05) is 24.3 Å². The monoisotopic (exact) mass is 459 g/mol. The summed E-state index contributed by atoms with van der Waals surface area (Å²) in [6.45, 7) is 2.26. The number of pyridine rings is 1. The molecule has 174 valence electrons. The van der Waals surface area contributed by atoms with Crippen LogP contribution in [0.25, 0.3) is 0 Å². The van der Waals surface area contributed by atoms with E-state index in [1.165, 1.54) is 4.90 Å². The smallest absolute Gasteiger partial charge is 0.261 e. The molecule has 1 unspecified atom stereocenters. The molecular formula is C26H25N3O5. The molecule has 3 aromatic rings. The number of hydrogen-bond acceptors (Lipinski definition) is 6. The lowest BCUT2D eigenvalue weighted by Crippen LogP contribution is -2.46. The lowest BCUT2D eigenvalue weighted by atomic mass is 10.1. The van der Waals surface area contributed by atoms with E-state index in [9.17, 15) is 14.4 Å². The fourth-order valence-corrected chi connectivity index (χ4v) is 3.79. The Kier molecular flexibility index (Phi) is 7.17. The Morgan fingerprint density at radius 1 is 1.00 bits per heavy atom. The van der Waals surface area contributed by atoms with Gasteiger partial charge in [0.25, 0.3) is 11.8 Å². The normalized spacial score (nSPS) is 15.3. The quantitative estimate of drug-likeness (QED) is 0.457. The maximum absolute atomic E-state index is 13.4. The minimum absolute atomic E-state index is 0.108. The van der Waals surface area contributed by atoms with Crippen LogP contribution in [0.5, 0.6) is 11.5 Å². The summed E-state index contributed by atoms with van der Waals surface area (Å²) in [4.78, 5) is 46.0. The van der Waals surface area contributed by atoms with Crippen molar-refractivity contribution >= 4 is 23.4 Å². The summed E-state index contributed by atoms with van der Waals surface area (Å²) >= 11 is 0. The van der Waals surface area contributed by atoms with Crippen molar-refractivity contribution < 1.29 is 23.9 Å². The molecular weight excluding hydrogens is 434 g/mol. The summed E-state index contributed by atoms with van der Waals surface area (Å²) < 4.78 is 11.1. The van der Waals surface area contributed by atoms with Crippen LogP contribution in [0.15, 0.2) is 79.1 Å². The Morgan fingerprint density at radius 3 is 2.41 bits per heavy atom. The first-order chi connectivity index (χ1) is 16.6. The molecule has 0 N–H and O–H groups in total. The maximum Gasteiger partial charge on any atom is 0.261 e. The SMILES string of the molecule is CCOc1ccc(N2C(=O)CC(N(Cc3cccnc3)C(=O)COc3ccccc3)C2=O)cc1. The van der Waals surface area contributed by atoms with Gasteiger partial charge in [0, 0.05) is 18.9 Å². The van der Waals surface area contributed by atoms with Gasteiger partial charge in [-0.05, 0) is 55.0 Å². The van der Waals surface area contributed by atoms with E-state index in [0.717, 1.165) is 10.5 Å². The van der Waals surface area contributed by atoms with E-state index in [2.05, 4.69) is 4.98 Å². The fourth-order valence-electron chi connectivity index (χ4n) is 3.79. The molecule has 8 heteroatoms. The Morgan fingerprint density at radius 2 is 1.74 bits per heavy atom. The highest BCUT2D eigenvalue weighted by Crippen LogP contribution is 2.28. The molecule has 0 radical (unpaired) electrons. The summed E-state index contributed by atoms with van der Waals surface area (Å²) in [5.41, 5.74) is 1.19. The number of hydrogen-bond donors (Lipinski definition) is 0. The van der Waals surface area contributed by atoms with Crippen LogP contribution < -0.4 is 14.4 Å². The molecule has 8 nitrogen and oxygen atoms in total. The van der Waals surface area contributed by atoms with Gasteiger partial charge < -0.3 is 14.4 Å². The minimum Gasteiger partial charge on any atom is -0.494 e. The van der Waals surface area contributed by atoms with Crippen molar-refractivity contribution in [2.24, 2.45) is 0 Å². The van der Waals surface area contributed by atoms with E-state index in [4.69, 9.17) is 9.47 Å². The number of anilines is 1. The number of nitrogens with zero attached hydrogens (tertiary/aromatic N) is 3. The molecule has 34 heavy (non-hydrogen) atoms. The van der Waals surface area contributed by atoms with E-state index in [1.807, 2.05) is 19.1 Å². The first-order valence-electron chi connectivity index (χ1n) is 11.0. The predicted octanol–water partition coefficient (Wildman–Crippen LogP) is 3.22. The highest BCUT2D eigenvalue weighted by Gasteiger charge is 2.44. The molecule has 1 saturated heterocycles. The number of carbonyl (C=O) groups excluding carboxylic acids is 3. The molecule has 1 aromatic heterocycles. The predicted molar refractivity (Wildman–Crippen MR) is 125 cm³/mol. The standard InChI is InChI=1S/C26H25N3O5/c1-2-33-22-12-10-20(11-13-22)29-24(30)15-23(26(29)32)28(17-19-7-6-14-27-16-19)25(31)18-34-21-8-4-3-5-9-21/h3-14,16,23H,2,15,17-18H2,1H3. The zero-order chi connectivity index (χ0) is 23.9. The summed E-state index contributed by atoms with van der Waals surface area (Å²) in [5, 5.41) is 0. The molecule has 4 rings (SSSR count). The van der Waals surface area contributed by atoms with E-state index in [0.29, 0.717) is 23.8 Å². The van der Waals surface area contributed by atoms with Gasteiger partial charge in [-0.2, -0.15) is 0 Å². The number of imide groups is 1. The third kappa shape index (κ3) is 5.23. The molecule has 0 bridgehead atoms. The van der Waals surface area contributed by atoms with E-state index >= 15 is 0 Å². The molecule has 0 spiro atoms. The molecule has 1 atom stereocenters. The van der Waals surface area contributed by atoms with Crippen LogP contribution in [0.4, 0.5) is 5.69 Å². The van der Waals surface area contributed by atoms with Gasteiger partial charge in [-0.3, -0.25) is 19.4 Å². The molecule has 1 aliphatic heterocycles. The summed E-state index contributed by atoms with van der Waals surface area (Å²) in [5.74, 6) is -0.0269. The Hall–Kier alpha value is -4.20. The van der Waals surface area contributed by atoms with Gasteiger partial charge in [0.2, 0.25) is 5.91 Å². The van der Waals surface area contributed by atoms with Gasteiger partial charge in [-0.15, -0.1) is 0 Å². The van der Waals surface area contributed by atoms with Gasteiger partial charge >= 0.3 is 0 Å². The number of carbonyl (C=O) groups is 3. The van der Waals surface area contributed by atoms with Gasteiger partial charge in [0.15, 0.2) is 6.61 Å². The summed E-state index contributed by atoms with van der Waals surface area (Å²) in [6.07, 6.45) is 3.15. The fraction of sp³-hybridized carbons (Fsp3) is 0.231. The van der Waals surface area contributed by atoms with Crippen molar-refractivity contribution in [1.82, 2.24) is 9.88 Å². The Bertz CT molecular complexity index is 1140. The molecule has 1 fully saturated rings. The van der Waals surface area contributed by atoms with Crippen molar-refractivity contribution in [2.45, 2.75) is 25.9 Å². The number of amides is 3. The zero-order valence-electron chi connectivity index (χ0n) is 18.8. The summed E-state index contributed by atoms with van der Waals surface area (Å²) in [6, 6.07) is 18.3. The second kappa shape index (κ2) is 10.6. The number of para-hydroxylation sites is 1. The second-order valence-electron chi connectivity index (χ2n) is 7.70. The van der Waals surface area contributed by atoms with Crippen LogP contribution in [0.3, 0.4) is 0 Å². The van der Waals surface area contributed by atoms with Gasteiger partial charge in [0.1, 0.15) is 17.5 Å². The van der Waals surface area contributed by atoms with Crippen LogP contribution in [0, 0.1) is 0 Å². The average Bonchev–Trinajstić information content (AvgIpc) is 3.16. The second-order valence-corrected chi connectivity index (χ2v) is 7.70. The van der Waals surface area contributed by atoms with Crippen molar-refractivity contribution in [1.29, 1.82) is 0 Å². The number of ether oxygens (including phenoxy) is 2. The molecule has 2 aromatic carbocycles. The lowest BCUT2D eigenvalue weighted by Gasteiger charge is -2.27. The highest BCUT2D eigenvalue weighted by atomic mass is 16.5.